The lowest BCUT2D eigenvalue weighted by Crippen LogP contribution is -2.40. The summed E-state index contributed by atoms with van der Waals surface area (Å²) in [6.45, 7) is 1.51. The van der Waals surface area contributed by atoms with Crippen molar-refractivity contribution in [1.29, 1.82) is 0 Å². The van der Waals surface area contributed by atoms with Gasteiger partial charge in [0.1, 0.15) is 0 Å². The van der Waals surface area contributed by atoms with Gasteiger partial charge in [0.05, 0.1) is 24.7 Å². The zero-order valence-corrected chi connectivity index (χ0v) is 19.9. The monoisotopic (exact) mass is 488 g/mol. The maximum Gasteiger partial charge on any atom is 0.251 e. The average molecular weight is 489 g/mol. The molecule has 1 heterocycles. The van der Waals surface area contributed by atoms with Gasteiger partial charge in [0.25, 0.3) is 5.91 Å². The molecule has 1 fully saturated rings. The maximum absolute atomic E-state index is 13.3. The Labute approximate surface area is 208 Å². The minimum atomic E-state index is -0.702. The standard InChI is InChI=1S/C28H28N2O6/c1-17-2-8-21(13-23(17)18-3-5-19(6-4-18)26(33)29-22(14-31)15-32)30-27(34)28(10-11-28)20-7-9-24-25(12-20)36-16-35-24/h2-9,12-13,22,31-32H,10-11,14-16H2,1H3,(H,29,33)(H,30,34). The number of anilines is 1. The first-order chi connectivity index (χ1) is 17.4. The topological polar surface area (TPSA) is 117 Å². The molecule has 0 saturated heterocycles. The van der Waals surface area contributed by atoms with Crippen LogP contribution in [0, 0.1) is 6.92 Å². The second-order valence-corrected chi connectivity index (χ2v) is 9.25. The number of hydrogen-bond donors (Lipinski definition) is 4. The predicted molar refractivity (Wildman–Crippen MR) is 134 cm³/mol. The fraction of sp³-hybridized carbons (Fsp3) is 0.286. The van der Waals surface area contributed by atoms with E-state index in [1.54, 1.807) is 12.1 Å². The number of nitrogens with one attached hydrogen (secondary N) is 2. The highest BCUT2D eigenvalue weighted by Crippen LogP contribution is 2.51. The molecule has 36 heavy (non-hydrogen) atoms. The second-order valence-electron chi connectivity index (χ2n) is 9.25. The minimum Gasteiger partial charge on any atom is -0.454 e. The number of fused-ring (bicyclic) bond motifs is 1. The van der Waals surface area contributed by atoms with E-state index in [4.69, 9.17) is 9.47 Å². The summed E-state index contributed by atoms with van der Waals surface area (Å²) in [5.74, 6) is 0.948. The number of carbonyl (C=O) groups is 2. The van der Waals surface area contributed by atoms with Gasteiger partial charge in [-0.1, -0.05) is 24.3 Å². The van der Waals surface area contributed by atoms with Crippen molar-refractivity contribution in [2.45, 2.75) is 31.2 Å². The molecule has 0 spiro atoms. The lowest BCUT2D eigenvalue weighted by atomic mass is 9.94. The summed E-state index contributed by atoms with van der Waals surface area (Å²) in [6, 6.07) is 17.8. The summed E-state index contributed by atoms with van der Waals surface area (Å²) < 4.78 is 10.9. The Hall–Kier alpha value is -3.88. The molecule has 3 aromatic rings. The van der Waals surface area contributed by atoms with E-state index in [0.717, 1.165) is 35.1 Å². The van der Waals surface area contributed by atoms with Gasteiger partial charge < -0.3 is 30.3 Å². The van der Waals surface area contributed by atoms with Crippen molar-refractivity contribution in [1.82, 2.24) is 5.32 Å². The Morgan fingerprint density at radius 2 is 1.67 bits per heavy atom. The van der Waals surface area contributed by atoms with E-state index in [1.165, 1.54) is 0 Å². The van der Waals surface area contributed by atoms with Crippen molar-refractivity contribution in [3.63, 3.8) is 0 Å². The zero-order chi connectivity index (χ0) is 25.3. The first-order valence-electron chi connectivity index (χ1n) is 11.9. The van der Waals surface area contributed by atoms with Crippen LogP contribution in [-0.4, -0.2) is 48.1 Å². The van der Waals surface area contributed by atoms with Crippen LogP contribution >= 0.6 is 0 Å². The molecule has 2 aliphatic rings. The largest absolute Gasteiger partial charge is 0.454 e. The molecule has 8 heteroatoms. The van der Waals surface area contributed by atoms with Crippen LogP contribution in [0.3, 0.4) is 0 Å². The highest BCUT2D eigenvalue weighted by atomic mass is 16.7. The van der Waals surface area contributed by atoms with Crippen LogP contribution in [0.5, 0.6) is 11.5 Å². The third kappa shape index (κ3) is 4.53. The maximum atomic E-state index is 13.3. The summed E-state index contributed by atoms with van der Waals surface area (Å²) in [4.78, 5) is 25.7. The van der Waals surface area contributed by atoms with Crippen molar-refractivity contribution in [3.8, 4) is 22.6 Å². The van der Waals surface area contributed by atoms with Crippen LogP contribution in [0.2, 0.25) is 0 Å². The molecule has 8 nitrogen and oxygen atoms in total. The molecule has 5 rings (SSSR count). The highest BCUT2D eigenvalue weighted by molar-refractivity contribution is 6.02. The van der Waals surface area contributed by atoms with E-state index < -0.39 is 11.5 Å². The number of aliphatic hydroxyl groups excluding tert-OH is 2. The first-order valence-corrected chi connectivity index (χ1v) is 11.9. The van der Waals surface area contributed by atoms with E-state index in [0.29, 0.717) is 22.7 Å². The third-order valence-corrected chi connectivity index (χ3v) is 6.84. The zero-order valence-electron chi connectivity index (χ0n) is 19.9. The smallest absolute Gasteiger partial charge is 0.251 e. The van der Waals surface area contributed by atoms with Gasteiger partial charge in [0.2, 0.25) is 12.7 Å². The van der Waals surface area contributed by atoms with Crippen molar-refractivity contribution < 1.29 is 29.3 Å². The SMILES string of the molecule is Cc1ccc(NC(=O)C2(c3ccc4c(c3)OCO4)CC2)cc1-c1ccc(C(=O)NC(CO)CO)cc1. The Morgan fingerprint density at radius 1 is 0.944 bits per heavy atom. The lowest BCUT2D eigenvalue weighted by Gasteiger charge is -2.17. The Morgan fingerprint density at radius 3 is 2.36 bits per heavy atom. The van der Waals surface area contributed by atoms with Gasteiger partial charge in [0, 0.05) is 11.3 Å². The molecule has 186 valence electrons. The fourth-order valence-corrected chi connectivity index (χ4v) is 4.45. The summed E-state index contributed by atoms with van der Waals surface area (Å²) in [5.41, 5.74) is 4.35. The summed E-state index contributed by atoms with van der Waals surface area (Å²) in [6.07, 6.45) is 1.54. The van der Waals surface area contributed by atoms with Crippen molar-refractivity contribution in [3.05, 3.63) is 77.4 Å². The van der Waals surface area contributed by atoms with Gasteiger partial charge in [-0.3, -0.25) is 9.59 Å². The number of carbonyl (C=O) groups excluding carboxylic acids is 2. The van der Waals surface area contributed by atoms with Gasteiger partial charge in [-0.05, 0) is 78.4 Å². The second kappa shape index (κ2) is 9.64. The highest BCUT2D eigenvalue weighted by Gasteiger charge is 2.51. The number of aliphatic hydroxyl groups is 2. The molecule has 1 saturated carbocycles. The van der Waals surface area contributed by atoms with Gasteiger partial charge in [-0.25, -0.2) is 0 Å². The fourth-order valence-electron chi connectivity index (χ4n) is 4.45. The van der Waals surface area contributed by atoms with Crippen molar-refractivity contribution >= 4 is 17.5 Å². The quantitative estimate of drug-likeness (QED) is 0.387. The molecule has 0 aromatic heterocycles. The molecule has 4 N–H and O–H groups in total. The first kappa shape index (κ1) is 23.8. The Balaban J connectivity index is 1.32. The van der Waals surface area contributed by atoms with Gasteiger partial charge in [0.15, 0.2) is 11.5 Å². The molecule has 0 unspecified atom stereocenters. The van der Waals surface area contributed by atoms with Crippen LogP contribution in [-0.2, 0) is 10.2 Å². The number of ether oxygens (including phenoxy) is 2. The minimum absolute atomic E-state index is 0.0505. The number of rotatable bonds is 8. The van der Waals surface area contributed by atoms with Crippen LogP contribution < -0.4 is 20.1 Å². The van der Waals surface area contributed by atoms with Crippen LogP contribution in [0.15, 0.2) is 60.7 Å². The molecule has 0 radical (unpaired) electrons. The molecule has 1 aliphatic carbocycles. The van der Waals surface area contributed by atoms with E-state index in [-0.39, 0.29) is 31.8 Å². The van der Waals surface area contributed by atoms with E-state index in [9.17, 15) is 19.8 Å². The number of benzene rings is 3. The molecule has 0 bridgehead atoms. The van der Waals surface area contributed by atoms with Crippen LogP contribution in [0.4, 0.5) is 5.69 Å². The predicted octanol–water partition coefficient (Wildman–Crippen LogP) is 3.14. The summed E-state index contributed by atoms with van der Waals surface area (Å²) in [7, 11) is 0. The third-order valence-electron chi connectivity index (χ3n) is 6.84. The van der Waals surface area contributed by atoms with Crippen LogP contribution in [0.25, 0.3) is 11.1 Å². The molecular formula is C28H28N2O6. The molecular weight excluding hydrogens is 460 g/mol. The summed E-state index contributed by atoms with van der Waals surface area (Å²) in [5, 5.41) is 24.0. The molecule has 1 aliphatic heterocycles. The lowest BCUT2D eigenvalue weighted by molar-refractivity contribution is -0.118. The van der Waals surface area contributed by atoms with Crippen molar-refractivity contribution in [2.75, 3.05) is 25.3 Å². The summed E-state index contributed by atoms with van der Waals surface area (Å²) >= 11 is 0. The number of amides is 2. The average Bonchev–Trinajstić information content (AvgIpc) is 3.59. The molecule has 3 aromatic carbocycles. The van der Waals surface area contributed by atoms with Crippen molar-refractivity contribution in [2.24, 2.45) is 0 Å². The van der Waals surface area contributed by atoms with E-state index in [1.807, 2.05) is 55.5 Å². The van der Waals surface area contributed by atoms with Crippen LogP contribution in [0.1, 0.15) is 34.3 Å². The number of hydrogen-bond acceptors (Lipinski definition) is 6. The van der Waals surface area contributed by atoms with E-state index >= 15 is 0 Å². The molecule has 2 amide bonds. The molecule has 0 atom stereocenters. The number of aryl methyl sites for hydroxylation is 1. The van der Waals surface area contributed by atoms with Gasteiger partial charge >= 0.3 is 0 Å². The Bertz CT molecular complexity index is 1300. The van der Waals surface area contributed by atoms with Gasteiger partial charge in [-0.2, -0.15) is 0 Å². The normalized spacial score (nSPS) is 15.0. The van der Waals surface area contributed by atoms with E-state index in [2.05, 4.69) is 10.6 Å². The van der Waals surface area contributed by atoms with Gasteiger partial charge in [-0.15, -0.1) is 0 Å². The Kier molecular flexibility index (Phi) is 6.38.